The molecule has 1 aromatic heterocycles. The summed E-state index contributed by atoms with van der Waals surface area (Å²) in [5, 5.41) is 13.0. The number of aliphatic hydroxyl groups is 1. The number of aromatic nitrogens is 1. The largest absolute Gasteiger partial charge is 0.394 e. The Hall–Kier alpha value is -2.73. The Labute approximate surface area is 164 Å². The molecule has 146 valence electrons. The van der Waals surface area contributed by atoms with Crippen molar-refractivity contribution in [2.45, 2.75) is 37.3 Å². The Balaban J connectivity index is 1.53. The van der Waals surface area contributed by atoms with Crippen molar-refractivity contribution < 1.29 is 14.7 Å². The van der Waals surface area contributed by atoms with Crippen LogP contribution in [0.25, 0.3) is 0 Å². The Bertz CT molecular complexity index is 823. The smallest absolute Gasteiger partial charge is 0.227 e. The van der Waals surface area contributed by atoms with Gasteiger partial charge in [0.15, 0.2) is 0 Å². The first-order chi connectivity index (χ1) is 13.7. The van der Waals surface area contributed by atoms with Crippen LogP contribution in [0, 0.1) is 5.92 Å². The SMILES string of the molecule is O=C(NC[C@@H]1[C@@H](c2ccccc2)[C@@H](CO)N1C(=O)Cc1cccnc1)C1CC1. The Morgan fingerprint density at radius 3 is 2.54 bits per heavy atom. The van der Waals surface area contributed by atoms with Gasteiger partial charge in [-0.3, -0.25) is 14.6 Å². The molecule has 0 radical (unpaired) electrons. The lowest BCUT2D eigenvalue weighted by Crippen LogP contribution is -2.68. The number of pyridine rings is 1. The van der Waals surface area contributed by atoms with Crippen molar-refractivity contribution in [1.29, 1.82) is 0 Å². The van der Waals surface area contributed by atoms with Crippen molar-refractivity contribution in [1.82, 2.24) is 15.2 Å². The summed E-state index contributed by atoms with van der Waals surface area (Å²) >= 11 is 0. The van der Waals surface area contributed by atoms with Crippen molar-refractivity contribution in [2.75, 3.05) is 13.2 Å². The maximum Gasteiger partial charge on any atom is 0.227 e. The summed E-state index contributed by atoms with van der Waals surface area (Å²) in [5.41, 5.74) is 1.92. The number of likely N-dealkylation sites (tertiary alicyclic amines) is 1. The van der Waals surface area contributed by atoms with E-state index < -0.39 is 0 Å². The van der Waals surface area contributed by atoms with Gasteiger partial charge in [-0.05, 0) is 30.0 Å². The fourth-order valence-corrected chi connectivity index (χ4v) is 4.13. The molecule has 6 heteroatoms. The van der Waals surface area contributed by atoms with Gasteiger partial charge in [0.2, 0.25) is 11.8 Å². The summed E-state index contributed by atoms with van der Waals surface area (Å²) in [5.74, 6) is 0.149. The highest BCUT2D eigenvalue weighted by Crippen LogP contribution is 2.41. The van der Waals surface area contributed by atoms with Crippen LogP contribution in [-0.4, -0.2) is 52.0 Å². The van der Waals surface area contributed by atoms with Crippen molar-refractivity contribution in [3.63, 3.8) is 0 Å². The van der Waals surface area contributed by atoms with Crippen LogP contribution in [0.1, 0.15) is 29.9 Å². The van der Waals surface area contributed by atoms with Crippen LogP contribution in [0.3, 0.4) is 0 Å². The zero-order valence-corrected chi connectivity index (χ0v) is 15.7. The highest BCUT2D eigenvalue weighted by Gasteiger charge is 2.51. The van der Waals surface area contributed by atoms with Crippen molar-refractivity contribution in [3.8, 4) is 0 Å². The minimum absolute atomic E-state index is 0.00329. The molecular formula is C22H25N3O3. The molecule has 28 heavy (non-hydrogen) atoms. The number of aliphatic hydroxyl groups excluding tert-OH is 1. The number of carbonyl (C=O) groups excluding carboxylic acids is 2. The number of nitrogens with zero attached hydrogens (tertiary/aromatic N) is 2. The zero-order chi connectivity index (χ0) is 19.5. The van der Waals surface area contributed by atoms with Gasteiger partial charge in [0.1, 0.15) is 0 Å². The standard InChI is InChI=1S/C22H25N3O3/c26-14-19-21(16-6-2-1-3-7-16)18(13-24-22(28)17-8-9-17)25(19)20(27)11-15-5-4-10-23-12-15/h1-7,10,12,17-19,21,26H,8-9,11,13-14H2,(H,24,28)/t18-,19-,21-/m1/s1. The minimum atomic E-state index is -0.283. The van der Waals surface area contributed by atoms with E-state index in [4.69, 9.17) is 0 Å². The summed E-state index contributed by atoms with van der Waals surface area (Å²) in [4.78, 5) is 31.0. The quantitative estimate of drug-likeness (QED) is 0.764. The molecule has 2 N–H and O–H groups in total. The van der Waals surface area contributed by atoms with Gasteiger partial charge in [-0.1, -0.05) is 36.4 Å². The summed E-state index contributed by atoms with van der Waals surface area (Å²) in [6, 6.07) is 13.1. The number of hydrogen-bond donors (Lipinski definition) is 2. The van der Waals surface area contributed by atoms with Gasteiger partial charge >= 0.3 is 0 Å². The summed E-state index contributed by atoms with van der Waals surface area (Å²) in [6.07, 6.45) is 5.49. The van der Waals surface area contributed by atoms with Gasteiger partial charge in [0, 0.05) is 30.8 Å². The van der Waals surface area contributed by atoms with Crippen LogP contribution in [0.4, 0.5) is 0 Å². The number of nitrogens with one attached hydrogen (secondary N) is 1. The van der Waals surface area contributed by atoms with Gasteiger partial charge in [0.05, 0.1) is 25.1 Å². The van der Waals surface area contributed by atoms with Crippen LogP contribution >= 0.6 is 0 Å². The first-order valence-corrected chi connectivity index (χ1v) is 9.82. The monoisotopic (exact) mass is 379 g/mol. The predicted octanol–water partition coefficient (Wildman–Crippen LogP) is 1.51. The normalized spacial score (nSPS) is 23.8. The third kappa shape index (κ3) is 3.78. The lowest BCUT2D eigenvalue weighted by atomic mass is 9.74. The van der Waals surface area contributed by atoms with Crippen LogP contribution in [0.5, 0.6) is 0 Å². The van der Waals surface area contributed by atoms with Crippen LogP contribution in [0.15, 0.2) is 54.9 Å². The lowest BCUT2D eigenvalue weighted by molar-refractivity contribution is -0.150. The molecule has 3 atom stereocenters. The molecule has 1 aliphatic heterocycles. The molecular weight excluding hydrogens is 354 g/mol. The van der Waals surface area contributed by atoms with Gasteiger partial charge in [0.25, 0.3) is 0 Å². The first-order valence-electron chi connectivity index (χ1n) is 9.82. The molecule has 2 aromatic rings. The number of amides is 2. The predicted molar refractivity (Wildman–Crippen MR) is 104 cm³/mol. The molecule has 2 aliphatic rings. The van der Waals surface area contributed by atoms with E-state index in [1.807, 2.05) is 42.5 Å². The van der Waals surface area contributed by atoms with Crippen molar-refractivity contribution in [2.24, 2.45) is 5.92 Å². The summed E-state index contributed by atoms with van der Waals surface area (Å²) < 4.78 is 0. The van der Waals surface area contributed by atoms with E-state index in [1.165, 1.54) is 0 Å². The van der Waals surface area contributed by atoms with Crippen molar-refractivity contribution in [3.05, 3.63) is 66.0 Å². The third-order valence-corrected chi connectivity index (χ3v) is 5.71. The Morgan fingerprint density at radius 2 is 1.89 bits per heavy atom. The van der Waals surface area contributed by atoms with Crippen LogP contribution in [-0.2, 0) is 16.0 Å². The molecule has 1 saturated carbocycles. The molecule has 2 fully saturated rings. The van der Waals surface area contributed by atoms with E-state index in [0.29, 0.717) is 6.54 Å². The average molecular weight is 379 g/mol. The average Bonchev–Trinajstić information content (AvgIpc) is 3.54. The molecule has 2 heterocycles. The Morgan fingerprint density at radius 1 is 1.11 bits per heavy atom. The highest BCUT2D eigenvalue weighted by molar-refractivity contribution is 5.82. The fraction of sp³-hybridized carbons (Fsp3) is 0.409. The molecule has 4 rings (SSSR count). The molecule has 1 aromatic carbocycles. The van der Waals surface area contributed by atoms with E-state index in [1.54, 1.807) is 17.3 Å². The zero-order valence-electron chi connectivity index (χ0n) is 15.7. The van der Waals surface area contributed by atoms with Gasteiger partial charge in [-0.25, -0.2) is 0 Å². The van der Waals surface area contributed by atoms with E-state index in [0.717, 1.165) is 24.0 Å². The minimum Gasteiger partial charge on any atom is -0.394 e. The van der Waals surface area contributed by atoms with Crippen molar-refractivity contribution >= 4 is 11.8 Å². The molecule has 1 saturated heterocycles. The summed E-state index contributed by atoms with van der Waals surface area (Å²) in [7, 11) is 0. The maximum atomic E-state index is 13.0. The second kappa shape index (κ2) is 8.10. The molecule has 1 aliphatic carbocycles. The van der Waals surface area contributed by atoms with E-state index >= 15 is 0 Å². The number of rotatable bonds is 7. The molecule has 6 nitrogen and oxygen atoms in total. The molecule has 0 unspecified atom stereocenters. The fourth-order valence-electron chi connectivity index (χ4n) is 4.13. The van der Waals surface area contributed by atoms with Crippen LogP contribution in [0.2, 0.25) is 0 Å². The topological polar surface area (TPSA) is 82.5 Å². The second-order valence-corrected chi connectivity index (χ2v) is 7.61. The van der Waals surface area contributed by atoms with E-state index in [-0.39, 0.29) is 48.8 Å². The van der Waals surface area contributed by atoms with E-state index in [2.05, 4.69) is 10.3 Å². The van der Waals surface area contributed by atoms with Gasteiger partial charge in [-0.15, -0.1) is 0 Å². The highest BCUT2D eigenvalue weighted by atomic mass is 16.3. The van der Waals surface area contributed by atoms with Gasteiger partial charge in [-0.2, -0.15) is 0 Å². The van der Waals surface area contributed by atoms with Crippen LogP contribution < -0.4 is 5.32 Å². The van der Waals surface area contributed by atoms with E-state index in [9.17, 15) is 14.7 Å². The third-order valence-electron chi connectivity index (χ3n) is 5.71. The lowest BCUT2D eigenvalue weighted by Gasteiger charge is -2.55. The molecule has 2 amide bonds. The summed E-state index contributed by atoms with van der Waals surface area (Å²) in [6.45, 7) is 0.301. The maximum absolute atomic E-state index is 13.0. The molecule has 0 spiro atoms. The van der Waals surface area contributed by atoms with Gasteiger partial charge < -0.3 is 15.3 Å². The Kier molecular flexibility index (Phi) is 5.39. The number of hydrogen-bond acceptors (Lipinski definition) is 4. The second-order valence-electron chi connectivity index (χ2n) is 7.61. The number of benzene rings is 1. The molecule has 0 bridgehead atoms. The first kappa shape index (κ1) is 18.6. The number of carbonyl (C=O) groups is 2.